The minimum Gasteiger partial charge on any atom is -0.496 e. The number of fused-ring (bicyclic) bond motifs is 1. The summed E-state index contributed by atoms with van der Waals surface area (Å²) in [5.41, 5.74) is 13.7. The lowest BCUT2D eigenvalue weighted by atomic mass is 9.91. The molecule has 2 aliphatic heterocycles. The van der Waals surface area contributed by atoms with Gasteiger partial charge in [0, 0.05) is 87.7 Å². The van der Waals surface area contributed by atoms with Crippen LogP contribution in [-0.4, -0.2) is 99.6 Å². The third-order valence-electron chi connectivity index (χ3n) is 12.4. The minimum absolute atomic E-state index is 0.0886. The Hall–Kier alpha value is -5.73. The number of carbonyl (C=O) groups excluding carboxylic acids is 3. The second-order valence-corrected chi connectivity index (χ2v) is 23.4. The molecule has 0 spiro atoms. The van der Waals surface area contributed by atoms with Gasteiger partial charge in [-0.1, -0.05) is 56.0 Å². The molecule has 332 valence electrons. The Labute approximate surface area is 372 Å². The molecule has 7 rings (SSSR count). The van der Waals surface area contributed by atoms with E-state index in [9.17, 15) is 4.79 Å². The number of primary amides is 1. The zero-order chi connectivity index (χ0) is 44.8. The van der Waals surface area contributed by atoms with Crippen LogP contribution in [-0.2, 0) is 36.0 Å². The maximum Gasteiger partial charge on any atom is 0.260 e. The van der Waals surface area contributed by atoms with Gasteiger partial charge in [0.15, 0.2) is 6.79 Å². The van der Waals surface area contributed by atoms with Gasteiger partial charge in [-0.05, 0) is 103 Å². The van der Waals surface area contributed by atoms with Crippen LogP contribution in [0.1, 0.15) is 59.0 Å². The predicted octanol–water partition coefficient (Wildman–Crippen LogP) is 7.85. The van der Waals surface area contributed by atoms with E-state index in [0.29, 0.717) is 72.4 Å². The predicted molar refractivity (Wildman–Crippen MR) is 249 cm³/mol. The highest BCUT2D eigenvalue weighted by atomic mass is 28.3. The van der Waals surface area contributed by atoms with E-state index in [0.717, 1.165) is 48.0 Å². The standard InChI is InChI=1S/C50H61N5O7Si/c1-34-38(13-10-14-47(34)59-4)30-54(40-16-18-42(19-17-40)62-33-61-25-26-63(5,6)7)50(58)44-29-46(52(3)35(44)2)45-28-37(48(51)56)15-20-43(45)49(57)55-31-39-12-9-8-11-36(39)27-41(55)32-53-21-23-60-24-22-53/h8-20,28-29,41H,21-27,30-33H2,1-7H3,(H2,51,56)/t41-/m0/s1. The van der Waals surface area contributed by atoms with Crippen molar-refractivity contribution in [3.05, 3.63) is 136 Å². The van der Waals surface area contributed by atoms with Crippen LogP contribution in [0.2, 0.25) is 25.7 Å². The van der Waals surface area contributed by atoms with E-state index in [1.807, 2.05) is 85.0 Å². The van der Waals surface area contributed by atoms with Crippen LogP contribution < -0.4 is 20.1 Å². The third kappa shape index (κ3) is 10.6. The molecule has 12 nitrogen and oxygen atoms in total. The second kappa shape index (κ2) is 19.8. The summed E-state index contributed by atoms with van der Waals surface area (Å²) >= 11 is 0. The first-order chi connectivity index (χ1) is 30.2. The zero-order valence-electron chi connectivity index (χ0n) is 37.7. The number of nitrogens with zero attached hydrogens (tertiary/aromatic N) is 4. The number of amides is 3. The summed E-state index contributed by atoms with van der Waals surface area (Å²) < 4.78 is 24.9. The van der Waals surface area contributed by atoms with Crippen molar-refractivity contribution in [3.8, 4) is 22.8 Å². The van der Waals surface area contributed by atoms with E-state index in [1.54, 1.807) is 30.2 Å². The first kappa shape index (κ1) is 45.3. The van der Waals surface area contributed by atoms with Crippen molar-refractivity contribution in [3.63, 3.8) is 0 Å². The number of carbonyl (C=O) groups is 3. The van der Waals surface area contributed by atoms with E-state index >= 15 is 9.59 Å². The van der Waals surface area contributed by atoms with Gasteiger partial charge in [0.25, 0.3) is 11.8 Å². The number of ether oxygens (including phenoxy) is 4. The van der Waals surface area contributed by atoms with Gasteiger partial charge in [0.2, 0.25) is 5.91 Å². The normalized spacial score (nSPS) is 15.5. The lowest BCUT2D eigenvalue weighted by molar-refractivity contribution is 0.0192. The summed E-state index contributed by atoms with van der Waals surface area (Å²) in [6, 6.07) is 29.3. The van der Waals surface area contributed by atoms with E-state index in [1.165, 1.54) is 5.56 Å². The first-order valence-electron chi connectivity index (χ1n) is 21.8. The summed E-state index contributed by atoms with van der Waals surface area (Å²) in [6.07, 6.45) is 0.720. The average molecular weight is 872 g/mol. The molecule has 63 heavy (non-hydrogen) atoms. The van der Waals surface area contributed by atoms with Gasteiger partial charge >= 0.3 is 0 Å². The Morgan fingerprint density at radius 2 is 1.62 bits per heavy atom. The van der Waals surface area contributed by atoms with Gasteiger partial charge in [-0.2, -0.15) is 0 Å². The molecular weight excluding hydrogens is 811 g/mol. The Kier molecular flexibility index (Phi) is 14.2. The van der Waals surface area contributed by atoms with Gasteiger partial charge in [0.1, 0.15) is 11.5 Å². The number of nitrogens with two attached hydrogens (primary N) is 1. The van der Waals surface area contributed by atoms with Crippen molar-refractivity contribution in [1.29, 1.82) is 0 Å². The average Bonchev–Trinajstić information content (AvgIpc) is 3.57. The summed E-state index contributed by atoms with van der Waals surface area (Å²) in [4.78, 5) is 49.0. The molecule has 2 N–H and O–H groups in total. The second-order valence-electron chi connectivity index (χ2n) is 17.8. The maximum absolute atomic E-state index is 15.1. The smallest absolute Gasteiger partial charge is 0.260 e. The largest absolute Gasteiger partial charge is 0.496 e. The summed E-state index contributed by atoms with van der Waals surface area (Å²) in [5, 5.41) is 0. The molecule has 13 heteroatoms. The third-order valence-corrected chi connectivity index (χ3v) is 14.1. The number of benzene rings is 4. The molecule has 0 aliphatic carbocycles. The molecule has 2 aliphatic rings. The summed E-state index contributed by atoms with van der Waals surface area (Å²) in [7, 11) is 2.29. The van der Waals surface area contributed by atoms with Gasteiger partial charge in [0.05, 0.1) is 32.4 Å². The molecule has 1 atom stereocenters. The Morgan fingerprint density at radius 3 is 2.32 bits per heavy atom. The van der Waals surface area contributed by atoms with Crippen molar-refractivity contribution < 1.29 is 33.3 Å². The number of hydrogen-bond donors (Lipinski definition) is 1. The topological polar surface area (TPSA) is 129 Å². The summed E-state index contributed by atoms with van der Waals surface area (Å²) in [5.74, 6) is 0.356. The van der Waals surface area contributed by atoms with Crippen molar-refractivity contribution in [2.75, 3.05) is 58.3 Å². The Morgan fingerprint density at radius 1 is 0.889 bits per heavy atom. The van der Waals surface area contributed by atoms with Crippen LogP contribution in [0.5, 0.6) is 11.5 Å². The molecule has 0 unspecified atom stereocenters. The lowest BCUT2D eigenvalue weighted by Crippen LogP contribution is -2.52. The van der Waals surface area contributed by atoms with E-state index < -0.39 is 14.0 Å². The number of aromatic nitrogens is 1. The minimum atomic E-state index is -1.22. The number of methoxy groups -OCH3 is 1. The molecule has 0 bridgehead atoms. The Balaban J connectivity index is 1.24. The molecule has 3 heterocycles. The number of anilines is 1. The molecule has 1 saturated heterocycles. The fourth-order valence-electron chi connectivity index (χ4n) is 8.41. The van der Waals surface area contributed by atoms with Crippen LogP contribution in [0, 0.1) is 13.8 Å². The van der Waals surface area contributed by atoms with Gasteiger partial charge in [-0.15, -0.1) is 0 Å². The van der Waals surface area contributed by atoms with Crippen LogP contribution >= 0.6 is 0 Å². The van der Waals surface area contributed by atoms with Crippen LogP contribution in [0.4, 0.5) is 5.69 Å². The van der Waals surface area contributed by atoms with Gasteiger partial charge < -0.3 is 39.0 Å². The van der Waals surface area contributed by atoms with Crippen molar-refractivity contribution in [2.24, 2.45) is 12.8 Å². The Bertz CT molecular complexity index is 2440. The van der Waals surface area contributed by atoms with Gasteiger partial charge in [-0.3, -0.25) is 19.3 Å². The number of morpholine rings is 1. The number of hydrogen-bond acceptors (Lipinski definition) is 8. The molecular formula is C50H61N5O7Si. The molecule has 4 aromatic carbocycles. The van der Waals surface area contributed by atoms with Crippen molar-refractivity contribution in [2.45, 2.75) is 65.1 Å². The van der Waals surface area contributed by atoms with Crippen LogP contribution in [0.25, 0.3) is 11.3 Å². The fraction of sp³-hybridized carbons (Fsp3) is 0.380. The van der Waals surface area contributed by atoms with E-state index in [2.05, 4.69) is 42.7 Å². The molecule has 1 fully saturated rings. The molecule has 5 aromatic rings. The molecule has 3 amide bonds. The van der Waals surface area contributed by atoms with Crippen LogP contribution in [0.3, 0.4) is 0 Å². The quantitative estimate of drug-likeness (QED) is 0.0604. The molecule has 1 aromatic heterocycles. The van der Waals surface area contributed by atoms with Crippen molar-refractivity contribution in [1.82, 2.24) is 14.4 Å². The fourth-order valence-corrected chi connectivity index (χ4v) is 9.17. The summed E-state index contributed by atoms with van der Waals surface area (Å²) in [6.45, 7) is 16.0. The van der Waals surface area contributed by atoms with E-state index in [4.69, 9.17) is 24.7 Å². The monoisotopic (exact) mass is 871 g/mol. The van der Waals surface area contributed by atoms with E-state index in [-0.39, 0.29) is 36.8 Å². The highest BCUT2D eigenvalue weighted by molar-refractivity contribution is 6.76. The van der Waals surface area contributed by atoms with Gasteiger partial charge in [-0.25, -0.2) is 0 Å². The first-order valence-corrected chi connectivity index (χ1v) is 25.5. The zero-order valence-corrected chi connectivity index (χ0v) is 38.7. The highest BCUT2D eigenvalue weighted by Gasteiger charge is 2.34. The molecule has 0 radical (unpaired) electrons. The maximum atomic E-state index is 15.1. The SMILES string of the molecule is COc1cccc(CN(C(=O)c2cc(-c3cc(C(N)=O)ccc3C(=O)N3Cc4ccccc4C[C@H]3CN3CCOCC3)n(C)c2C)c2ccc(OCOCC[Si](C)(C)C)cc2)c1C. The lowest BCUT2D eigenvalue weighted by Gasteiger charge is -2.40. The van der Waals surface area contributed by atoms with Crippen LogP contribution in [0.15, 0.2) is 91.0 Å². The number of rotatable bonds is 16. The molecule has 0 saturated carbocycles. The van der Waals surface area contributed by atoms with Crippen molar-refractivity contribution >= 4 is 31.5 Å². The highest BCUT2D eigenvalue weighted by Crippen LogP contribution is 2.35.